The van der Waals surface area contributed by atoms with Gasteiger partial charge >= 0.3 is 0 Å². The van der Waals surface area contributed by atoms with Crippen molar-refractivity contribution in [3.8, 4) is 0 Å². The van der Waals surface area contributed by atoms with Gasteiger partial charge in [-0.05, 0) is 33.6 Å². The zero-order valence-electron chi connectivity index (χ0n) is 11.2. The van der Waals surface area contributed by atoms with Crippen LogP contribution in [0.4, 0.5) is 0 Å². The molecule has 0 unspecified atom stereocenters. The summed E-state index contributed by atoms with van der Waals surface area (Å²) >= 11 is 0. The van der Waals surface area contributed by atoms with E-state index in [1.807, 2.05) is 20.8 Å². The molecule has 1 aromatic heterocycles. The van der Waals surface area contributed by atoms with Crippen LogP contribution in [-0.2, 0) is 10.0 Å². The van der Waals surface area contributed by atoms with Crippen LogP contribution in [0.1, 0.15) is 46.1 Å². The second-order valence-corrected chi connectivity index (χ2v) is 7.10. The third kappa shape index (κ3) is 2.44. The molecule has 6 heteroatoms. The van der Waals surface area contributed by atoms with Crippen LogP contribution >= 0.6 is 0 Å². The van der Waals surface area contributed by atoms with Crippen LogP contribution < -0.4 is 0 Å². The number of nitrogens with zero attached hydrogens (tertiary/aromatic N) is 3. The fourth-order valence-electron chi connectivity index (χ4n) is 2.30. The van der Waals surface area contributed by atoms with Gasteiger partial charge in [0.15, 0.2) is 0 Å². The van der Waals surface area contributed by atoms with Gasteiger partial charge in [0.1, 0.15) is 4.90 Å². The second-order valence-electron chi connectivity index (χ2n) is 5.21. The van der Waals surface area contributed by atoms with Crippen LogP contribution in [0.2, 0.25) is 0 Å². The molecule has 1 atom stereocenters. The van der Waals surface area contributed by atoms with E-state index < -0.39 is 10.0 Å². The minimum Gasteiger partial charge on any atom is -0.269 e. The molecule has 1 aromatic rings. The minimum absolute atomic E-state index is 0.0890. The molecule has 0 bridgehead atoms. The molecule has 18 heavy (non-hydrogen) atoms. The van der Waals surface area contributed by atoms with Gasteiger partial charge in [0.2, 0.25) is 10.0 Å². The molecule has 0 aliphatic carbocycles. The molecule has 1 saturated heterocycles. The third-order valence-electron chi connectivity index (χ3n) is 3.46. The molecule has 2 heterocycles. The van der Waals surface area contributed by atoms with Gasteiger partial charge in [-0.15, -0.1) is 0 Å². The molecule has 1 aliphatic rings. The normalized spacial score (nSPS) is 22.6. The number of aromatic nitrogens is 2. The Morgan fingerprint density at radius 3 is 2.67 bits per heavy atom. The summed E-state index contributed by atoms with van der Waals surface area (Å²) in [5.41, 5.74) is 0. The zero-order chi connectivity index (χ0) is 13.3. The predicted octanol–water partition coefficient (Wildman–Crippen LogP) is 2.03. The lowest BCUT2D eigenvalue weighted by atomic mass is 10.1. The van der Waals surface area contributed by atoms with Crippen molar-refractivity contribution in [2.75, 3.05) is 6.54 Å². The highest BCUT2D eigenvalue weighted by Gasteiger charge is 2.31. The molecule has 0 N–H and O–H groups in total. The van der Waals surface area contributed by atoms with Gasteiger partial charge in [-0.25, -0.2) is 8.42 Å². The van der Waals surface area contributed by atoms with Crippen LogP contribution in [-0.4, -0.2) is 35.1 Å². The Hall–Kier alpha value is -0.880. The summed E-state index contributed by atoms with van der Waals surface area (Å²) in [5.74, 6) is 0. The van der Waals surface area contributed by atoms with Crippen molar-refractivity contribution < 1.29 is 8.42 Å². The molecule has 5 nitrogen and oxygen atoms in total. The van der Waals surface area contributed by atoms with E-state index in [1.54, 1.807) is 15.2 Å². The van der Waals surface area contributed by atoms with Crippen molar-refractivity contribution in [3.05, 3.63) is 12.4 Å². The number of piperidine rings is 1. The molecule has 0 aromatic carbocycles. The zero-order valence-corrected chi connectivity index (χ0v) is 12.0. The molecular formula is C12H21N3O2S. The number of rotatable bonds is 3. The predicted molar refractivity (Wildman–Crippen MR) is 69.8 cm³/mol. The van der Waals surface area contributed by atoms with E-state index in [1.165, 1.54) is 6.20 Å². The van der Waals surface area contributed by atoms with E-state index in [9.17, 15) is 8.42 Å². The van der Waals surface area contributed by atoms with Crippen molar-refractivity contribution in [2.45, 2.75) is 57.0 Å². The fourth-order valence-corrected chi connectivity index (χ4v) is 3.94. The summed E-state index contributed by atoms with van der Waals surface area (Å²) in [6.45, 7) is 6.56. The van der Waals surface area contributed by atoms with E-state index in [-0.39, 0.29) is 12.1 Å². The quantitative estimate of drug-likeness (QED) is 0.845. The molecule has 1 aliphatic heterocycles. The summed E-state index contributed by atoms with van der Waals surface area (Å²) < 4.78 is 28.3. The maximum atomic E-state index is 12.5. The maximum absolute atomic E-state index is 12.5. The van der Waals surface area contributed by atoms with Crippen molar-refractivity contribution >= 4 is 10.0 Å². The fraction of sp³-hybridized carbons (Fsp3) is 0.750. The number of hydrogen-bond donors (Lipinski definition) is 0. The molecule has 0 amide bonds. The summed E-state index contributed by atoms with van der Waals surface area (Å²) in [6, 6.07) is 0.263. The van der Waals surface area contributed by atoms with Crippen molar-refractivity contribution in [1.29, 1.82) is 0 Å². The van der Waals surface area contributed by atoms with Crippen molar-refractivity contribution in [3.63, 3.8) is 0 Å². The van der Waals surface area contributed by atoms with Crippen LogP contribution in [0.15, 0.2) is 17.3 Å². The van der Waals surface area contributed by atoms with Crippen LogP contribution in [0, 0.1) is 0 Å². The Morgan fingerprint density at radius 2 is 2.11 bits per heavy atom. The summed E-state index contributed by atoms with van der Waals surface area (Å²) in [6.07, 6.45) is 6.08. The number of hydrogen-bond acceptors (Lipinski definition) is 3. The second kappa shape index (κ2) is 5.01. The van der Waals surface area contributed by atoms with Crippen LogP contribution in [0.25, 0.3) is 0 Å². The Kier molecular flexibility index (Phi) is 3.77. The molecular weight excluding hydrogens is 250 g/mol. The van der Waals surface area contributed by atoms with Gasteiger partial charge in [-0.2, -0.15) is 9.40 Å². The van der Waals surface area contributed by atoms with E-state index in [0.29, 0.717) is 11.4 Å². The Bertz CT molecular complexity index is 507. The Balaban J connectivity index is 2.29. The summed E-state index contributed by atoms with van der Waals surface area (Å²) in [7, 11) is -3.37. The van der Waals surface area contributed by atoms with E-state index in [2.05, 4.69) is 5.10 Å². The monoisotopic (exact) mass is 271 g/mol. The van der Waals surface area contributed by atoms with Gasteiger partial charge in [-0.1, -0.05) is 6.42 Å². The number of sulfonamides is 1. The van der Waals surface area contributed by atoms with Gasteiger partial charge in [0.05, 0.1) is 6.20 Å². The SMILES string of the molecule is CC(C)n1cc(S(=O)(=O)N2CCCC[C@H]2C)cn1. The molecule has 102 valence electrons. The summed E-state index contributed by atoms with van der Waals surface area (Å²) in [5, 5.41) is 4.11. The molecule has 1 fully saturated rings. The Labute approximate surface area is 109 Å². The van der Waals surface area contributed by atoms with E-state index in [4.69, 9.17) is 0 Å². The van der Waals surface area contributed by atoms with Gasteiger partial charge < -0.3 is 0 Å². The highest BCUT2D eigenvalue weighted by molar-refractivity contribution is 7.89. The lowest BCUT2D eigenvalue weighted by Gasteiger charge is -2.31. The van der Waals surface area contributed by atoms with Gasteiger partial charge in [0.25, 0.3) is 0 Å². The highest BCUT2D eigenvalue weighted by atomic mass is 32.2. The first-order valence-electron chi connectivity index (χ1n) is 6.49. The lowest BCUT2D eigenvalue weighted by molar-refractivity contribution is 0.268. The molecule has 0 spiro atoms. The molecule has 2 rings (SSSR count). The first-order chi connectivity index (χ1) is 8.43. The summed E-state index contributed by atoms with van der Waals surface area (Å²) in [4.78, 5) is 0.310. The van der Waals surface area contributed by atoms with Gasteiger partial charge in [-0.3, -0.25) is 4.68 Å². The average molecular weight is 271 g/mol. The average Bonchev–Trinajstić information content (AvgIpc) is 2.79. The van der Waals surface area contributed by atoms with Crippen LogP contribution in [0.3, 0.4) is 0 Å². The maximum Gasteiger partial charge on any atom is 0.246 e. The largest absolute Gasteiger partial charge is 0.269 e. The lowest BCUT2D eigenvalue weighted by Crippen LogP contribution is -2.41. The highest BCUT2D eigenvalue weighted by Crippen LogP contribution is 2.25. The minimum atomic E-state index is -3.37. The third-order valence-corrected chi connectivity index (χ3v) is 5.42. The molecule has 0 radical (unpaired) electrons. The van der Waals surface area contributed by atoms with Crippen molar-refractivity contribution in [2.24, 2.45) is 0 Å². The smallest absolute Gasteiger partial charge is 0.246 e. The first-order valence-corrected chi connectivity index (χ1v) is 7.93. The standard InChI is InChI=1S/C12H21N3O2S/c1-10(2)14-9-12(8-13-14)18(16,17)15-7-5-4-6-11(15)3/h8-11H,4-7H2,1-3H3/t11-/m1/s1. The van der Waals surface area contributed by atoms with E-state index >= 15 is 0 Å². The van der Waals surface area contributed by atoms with Crippen LogP contribution in [0.5, 0.6) is 0 Å². The van der Waals surface area contributed by atoms with Crippen molar-refractivity contribution in [1.82, 2.24) is 14.1 Å². The Morgan fingerprint density at radius 1 is 1.39 bits per heavy atom. The van der Waals surface area contributed by atoms with Gasteiger partial charge in [0, 0.05) is 24.8 Å². The topological polar surface area (TPSA) is 55.2 Å². The van der Waals surface area contributed by atoms with E-state index in [0.717, 1.165) is 19.3 Å². The first kappa shape index (κ1) is 13.5. The molecule has 0 saturated carbocycles.